The van der Waals surface area contributed by atoms with E-state index in [0.717, 1.165) is 0 Å². The highest BCUT2D eigenvalue weighted by atomic mass is 19.3. The number of aliphatic imine (C=N–C) groups is 1. The van der Waals surface area contributed by atoms with Gasteiger partial charge >= 0.3 is 0 Å². The Hall–Kier alpha value is -0.970. The lowest BCUT2D eigenvalue weighted by Crippen LogP contribution is -2.46. The van der Waals surface area contributed by atoms with Crippen LogP contribution in [0.15, 0.2) is 17.3 Å². The highest BCUT2D eigenvalue weighted by Gasteiger charge is 2.59. The molecular weight excluding hydrogens is 214 g/mol. The Labute approximate surface area is 93.4 Å². The minimum Gasteiger partial charge on any atom is -0.405 e. The van der Waals surface area contributed by atoms with Crippen molar-refractivity contribution in [2.45, 2.75) is 31.3 Å². The fraction of sp³-hybridized carbons (Fsp3) is 0.727. The molecule has 16 heavy (non-hydrogen) atoms. The van der Waals surface area contributed by atoms with Gasteiger partial charge in [-0.3, -0.25) is 4.99 Å². The number of rotatable bonds is 3. The quantitative estimate of drug-likeness (QED) is 0.751. The van der Waals surface area contributed by atoms with Crippen molar-refractivity contribution in [3.8, 4) is 0 Å². The molecule has 2 aliphatic rings. The summed E-state index contributed by atoms with van der Waals surface area (Å²) in [6, 6.07) is 0. The second-order valence-corrected chi connectivity index (χ2v) is 4.75. The summed E-state index contributed by atoms with van der Waals surface area (Å²) in [6.07, 6.45) is 5.26. The highest BCUT2D eigenvalue weighted by molar-refractivity contribution is 5.70. The van der Waals surface area contributed by atoms with Crippen LogP contribution in [0.4, 0.5) is 8.78 Å². The van der Waals surface area contributed by atoms with E-state index in [1.54, 1.807) is 12.3 Å². The first-order valence-electron chi connectivity index (χ1n) is 5.41. The predicted octanol–water partition coefficient (Wildman–Crippen LogP) is 1.73. The van der Waals surface area contributed by atoms with E-state index in [-0.39, 0.29) is 24.4 Å². The normalized spacial score (nSPS) is 31.5. The van der Waals surface area contributed by atoms with Gasteiger partial charge < -0.3 is 10.5 Å². The molecule has 0 aromatic carbocycles. The summed E-state index contributed by atoms with van der Waals surface area (Å²) >= 11 is 0. The van der Waals surface area contributed by atoms with E-state index >= 15 is 0 Å². The fourth-order valence-corrected chi connectivity index (χ4v) is 2.59. The van der Waals surface area contributed by atoms with Gasteiger partial charge in [-0.1, -0.05) is 0 Å². The number of allylic oxidation sites excluding steroid dienone is 1. The Morgan fingerprint density at radius 1 is 1.44 bits per heavy atom. The maximum Gasteiger partial charge on any atom is 0.249 e. The zero-order valence-electron chi connectivity index (χ0n) is 9.03. The predicted molar refractivity (Wildman–Crippen MR) is 57.7 cm³/mol. The molecular formula is C11H16F2N2O. The largest absolute Gasteiger partial charge is 0.405 e. The summed E-state index contributed by atoms with van der Waals surface area (Å²) < 4.78 is 31.1. The van der Waals surface area contributed by atoms with Gasteiger partial charge in [0.05, 0.1) is 19.3 Å². The summed E-state index contributed by atoms with van der Waals surface area (Å²) in [4.78, 5) is 4.10. The zero-order valence-corrected chi connectivity index (χ0v) is 9.03. The maximum atomic E-state index is 12.8. The molecule has 2 fully saturated rings. The smallest absolute Gasteiger partial charge is 0.249 e. The molecule has 1 unspecified atom stereocenters. The van der Waals surface area contributed by atoms with E-state index in [1.165, 1.54) is 6.20 Å². The molecule has 2 N–H and O–H groups in total. The van der Waals surface area contributed by atoms with Crippen LogP contribution in [0.1, 0.15) is 19.3 Å². The standard InChI is InChI=1S/C11H16F2N2O/c12-11(13)6-10(7-11)4-9(16-8-10)5-15-3-1-2-14/h1-3,9H,4-8,14H2/b2-1-,15-3?. The Morgan fingerprint density at radius 3 is 2.81 bits per heavy atom. The Kier molecular flexibility index (Phi) is 2.97. The summed E-state index contributed by atoms with van der Waals surface area (Å²) in [5.74, 6) is -2.47. The second kappa shape index (κ2) is 4.13. The van der Waals surface area contributed by atoms with Crippen LogP contribution < -0.4 is 5.73 Å². The molecule has 0 bridgehead atoms. The number of halogens is 2. The SMILES string of the molecule is N/C=C\C=NCC1CC2(CO1)CC(F)(F)C2. The number of nitrogens with zero attached hydrogens (tertiary/aromatic N) is 1. The third-order valence-electron chi connectivity index (χ3n) is 3.16. The number of alkyl halides is 2. The van der Waals surface area contributed by atoms with E-state index in [4.69, 9.17) is 10.5 Å². The van der Waals surface area contributed by atoms with Gasteiger partial charge in [0.1, 0.15) is 0 Å². The Balaban J connectivity index is 1.77. The molecule has 90 valence electrons. The summed E-state index contributed by atoms with van der Waals surface area (Å²) in [5, 5.41) is 0. The molecule has 0 amide bonds. The fourth-order valence-electron chi connectivity index (χ4n) is 2.59. The second-order valence-electron chi connectivity index (χ2n) is 4.75. The molecule has 1 aliphatic heterocycles. The molecule has 1 heterocycles. The van der Waals surface area contributed by atoms with Gasteiger partial charge in [-0.15, -0.1) is 0 Å². The van der Waals surface area contributed by atoms with Crippen LogP contribution in [-0.2, 0) is 4.74 Å². The van der Waals surface area contributed by atoms with Gasteiger partial charge in [0.25, 0.3) is 0 Å². The minimum absolute atomic E-state index is 0.0153. The van der Waals surface area contributed by atoms with Crippen LogP contribution in [-0.4, -0.2) is 31.4 Å². The first-order valence-corrected chi connectivity index (χ1v) is 5.41. The molecule has 1 saturated heterocycles. The van der Waals surface area contributed by atoms with E-state index in [2.05, 4.69) is 4.99 Å². The minimum atomic E-state index is -2.47. The lowest BCUT2D eigenvalue weighted by Gasteiger charge is -2.43. The van der Waals surface area contributed by atoms with Crippen molar-refractivity contribution in [3.63, 3.8) is 0 Å². The molecule has 0 aromatic rings. The third kappa shape index (κ3) is 2.40. The summed E-state index contributed by atoms with van der Waals surface area (Å²) in [5.41, 5.74) is 4.87. The van der Waals surface area contributed by atoms with Gasteiger partial charge in [0.2, 0.25) is 5.92 Å². The van der Waals surface area contributed by atoms with Gasteiger partial charge in [0.15, 0.2) is 0 Å². The average molecular weight is 230 g/mol. The van der Waals surface area contributed by atoms with Crippen LogP contribution in [0, 0.1) is 5.41 Å². The van der Waals surface area contributed by atoms with Gasteiger partial charge in [-0.25, -0.2) is 8.78 Å². The molecule has 0 radical (unpaired) electrons. The molecule has 1 aliphatic carbocycles. The van der Waals surface area contributed by atoms with Crippen LogP contribution in [0.3, 0.4) is 0 Å². The average Bonchev–Trinajstić information content (AvgIpc) is 2.55. The van der Waals surface area contributed by atoms with E-state index in [9.17, 15) is 8.78 Å². The molecule has 5 heteroatoms. The van der Waals surface area contributed by atoms with Crippen molar-refractivity contribution in [2.24, 2.45) is 16.1 Å². The van der Waals surface area contributed by atoms with E-state index in [1.807, 2.05) is 0 Å². The zero-order chi connectivity index (χ0) is 11.6. The first-order chi connectivity index (χ1) is 7.55. The van der Waals surface area contributed by atoms with Crippen molar-refractivity contribution in [3.05, 3.63) is 12.3 Å². The first kappa shape index (κ1) is 11.5. The number of ether oxygens (including phenoxy) is 1. The summed E-state index contributed by atoms with van der Waals surface area (Å²) in [6.45, 7) is 0.979. The monoisotopic (exact) mass is 230 g/mol. The number of hydrogen-bond donors (Lipinski definition) is 1. The van der Waals surface area contributed by atoms with Gasteiger partial charge in [0, 0.05) is 24.5 Å². The number of nitrogens with two attached hydrogens (primary N) is 1. The molecule has 1 saturated carbocycles. The molecule has 3 nitrogen and oxygen atoms in total. The van der Waals surface area contributed by atoms with Gasteiger partial charge in [-0.05, 0) is 18.7 Å². The topological polar surface area (TPSA) is 47.6 Å². The van der Waals surface area contributed by atoms with Crippen molar-refractivity contribution in [1.29, 1.82) is 0 Å². The van der Waals surface area contributed by atoms with Crippen molar-refractivity contribution >= 4 is 6.21 Å². The van der Waals surface area contributed by atoms with E-state index < -0.39 is 5.92 Å². The maximum absolute atomic E-state index is 12.8. The lowest BCUT2D eigenvalue weighted by atomic mass is 9.65. The molecule has 1 spiro atoms. The van der Waals surface area contributed by atoms with Crippen LogP contribution in [0.25, 0.3) is 0 Å². The van der Waals surface area contributed by atoms with Crippen LogP contribution >= 0.6 is 0 Å². The Bertz CT molecular complexity index is 307. The van der Waals surface area contributed by atoms with Gasteiger partial charge in [-0.2, -0.15) is 0 Å². The molecule has 0 aromatic heterocycles. The number of hydrogen-bond acceptors (Lipinski definition) is 3. The lowest BCUT2D eigenvalue weighted by molar-refractivity contribution is -0.160. The van der Waals surface area contributed by atoms with Crippen molar-refractivity contribution in [1.82, 2.24) is 0 Å². The highest BCUT2D eigenvalue weighted by Crippen LogP contribution is 2.57. The summed E-state index contributed by atoms with van der Waals surface area (Å²) in [7, 11) is 0. The van der Waals surface area contributed by atoms with E-state index in [0.29, 0.717) is 19.6 Å². The Morgan fingerprint density at radius 2 is 2.19 bits per heavy atom. The van der Waals surface area contributed by atoms with Crippen molar-refractivity contribution in [2.75, 3.05) is 13.2 Å². The molecule has 1 atom stereocenters. The van der Waals surface area contributed by atoms with Crippen LogP contribution in [0.2, 0.25) is 0 Å². The molecule has 2 rings (SSSR count). The third-order valence-corrected chi connectivity index (χ3v) is 3.16. The van der Waals surface area contributed by atoms with Crippen LogP contribution in [0.5, 0.6) is 0 Å². The van der Waals surface area contributed by atoms with Crippen molar-refractivity contribution < 1.29 is 13.5 Å².